The number of thiazole rings is 1. The molecule has 0 saturated carbocycles. The molecule has 1 aromatic heterocycles. The number of nitrogens with two attached hydrogens (primary N) is 1. The zero-order valence-corrected chi connectivity index (χ0v) is 24.5. The van der Waals surface area contributed by atoms with Crippen molar-refractivity contribution in [2.24, 2.45) is 5.16 Å². The summed E-state index contributed by atoms with van der Waals surface area (Å²) in [6, 6.07) is 5.91. The van der Waals surface area contributed by atoms with E-state index in [1.807, 2.05) is 0 Å². The lowest BCUT2D eigenvalue weighted by Gasteiger charge is -2.50. The molecule has 3 aliphatic heterocycles. The van der Waals surface area contributed by atoms with Gasteiger partial charge in [0.25, 0.3) is 11.8 Å². The van der Waals surface area contributed by atoms with Gasteiger partial charge in [0, 0.05) is 11.1 Å². The quantitative estimate of drug-likeness (QED) is 0.177. The maximum Gasteiger partial charge on any atom is 0.355 e. The maximum atomic E-state index is 13.5. The Kier molecular flexibility index (Phi) is 8.24. The molecule has 3 atom stereocenters. The van der Waals surface area contributed by atoms with E-state index in [1.165, 1.54) is 36.3 Å². The van der Waals surface area contributed by atoms with Crippen LogP contribution in [0.15, 0.2) is 46.1 Å². The normalized spacial score (nSPS) is 23.5. The average molecular weight is 622 g/mol. The number of carbonyl (C=O) groups is 3. The molecule has 2 fully saturated rings. The predicted molar refractivity (Wildman–Crippen MR) is 152 cm³/mol. The zero-order valence-electron chi connectivity index (χ0n) is 22.1. The topological polar surface area (TPSA) is 180 Å². The Balaban J connectivity index is 1.39. The Hall–Kier alpha value is -3.63. The Morgan fingerprint density at radius 1 is 1.24 bits per heavy atom. The number of carbonyl (C=O) groups excluding carboxylic acids is 3. The summed E-state index contributed by atoms with van der Waals surface area (Å²) in [7, 11) is -0.681. The summed E-state index contributed by atoms with van der Waals surface area (Å²) < 4.78 is 36.4. The molecule has 5 rings (SSSR count). The molecule has 0 bridgehead atoms. The van der Waals surface area contributed by atoms with Crippen molar-refractivity contribution in [2.45, 2.75) is 36.1 Å². The number of hydrogen-bond acceptors (Lipinski definition) is 13. The van der Waals surface area contributed by atoms with Crippen molar-refractivity contribution in [2.75, 3.05) is 31.5 Å². The average Bonchev–Trinajstić information content (AvgIpc) is 3.56. The molecule has 0 aliphatic carbocycles. The summed E-state index contributed by atoms with van der Waals surface area (Å²) in [6.45, 7) is -0.0926. The summed E-state index contributed by atoms with van der Waals surface area (Å²) in [5, 5.41) is 6.60. The van der Waals surface area contributed by atoms with Crippen LogP contribution in [0.5, 0.6) is 5.75 Å². The van der Waals surface area contributed by atoms with Crippen LogP contribution in [-0.4, -0.2) is 84.2 Å². The lowest BCUT2D eigenvalue weighted by Crippen LogP contribution is -2.71. The van der Waals surface area contributed by atoms with Gasteiger partial charge in [-0.3, -0.25) is 14.5 Å². The fourth-order valence-corrected chi connectivity index (χ4v) is 8.99. The Bertz CT molecular complexity index is 1540. The van der Waals surface area contributed by atoms with Gasteiger partial charge < -0.3 is 25.4 Å². The highest BCUT2D eigenvalue weighted by Gasteiger charge is 2.56. The second-order valence-corrected chi connectivity index (χ2v) is 13.6. The molecule has 2 amide bonds. The van der Waals surface area contributed by atoms with Gasteiger partial charge in [-0.1, -0.05) is 17.3 Å². The second kappa shape index (κ2) is 11.7. The molecule has 218 valence electrons. The summed E-state index contributed by atoms with van der Waals surface area (Å²) in [5.74, 6) is -1.26. The van der Waals surface area contributed by atoms with Crippen molar-refractivity contribution < 1.29 is 37.1 Å². The Morgan fingerprint density at radius 2 is 2.00 bits per heavy atom. The molecule has 1 unspecified atom stereocenters. The van der Waals surface area contributed by atoms with Gasteiger partial charge in [0.05, 0.1) is 18.1 Å². The number of nitrogens with one attached hydrogen (secondary N) is 1. The lowest BCUT2D eigenvalue weighted by atomic mass is 9.99. The van der Waals surface area contributed by atoms with E-state index in [1.54, 1.807) is 24.3 Å². The van der Waals surface area contributed by atoms with Gasteiger partial charge in [0.15, 0.2) is 20.7 Å². The smallest absolute Gasteiger partial charge is 0.355 e. The number of rotatable bonds is 9. The zero-order chi connectivity index (χ0) is 29.3. The first-order valence-corrected chi connectivity index (χ1v) is 16.1. The lowest BCUT2D eigenvalue weighted by molar-refractivity contribution is -0.153. The Morgan fingerprint density at radius 3 is 2.61 bits per heavy atom. The number of oxime groups is 1. The van der Waals surface area contributed by atoms with Gasteiger partial charge in [0.1, 0.15) is 42.3 Å². The molecule has 1 aromatic carbocycles. The number of fused-ring (bicyclic) bond motifs is 1. The van der Waals surface area contributed by atoms with E-state index in [-0.39, 0.29) is 40.3 Å². The number of thioether (sulfide) groups is 1. The van der Waals surface area contributed by atoms with Crippen LogP contribution in [0.2, 0.25) is 0 Å². The van der Waals surface area contributed by atoms with Crippen LogP contribution < -0.4 is 15.8 Å². The summed E-state index contributed by atoms with van der Waals surface area (Å²) in [4.78, 5) is 50.0. The molecule has 41 heavy (non-hydrogen) atoms. The Labute approximate surface area is 244 Å². The highest BCUT2D eigenvalue weighted by Crippen LogP contribution is 2.44. The fourth-order valence-electron chi connectivity index (χ4n) is 4.90. The third-order valence-corrected chi connectivity index (χ3v) is 11.1. The third-order valence-electron chi connectivity index (χ3n) is 6.89. The highest BCUT2D eigenvalue weighted by atomic mass is 32.2. The number of esters is 1. The van der Waals surface area contributed by atoms with E-state index < -0.39 is 44.3 Å². The maximum absolute atomic E-state index is 13.5. The van der Waals surface area contributed by atoms with E-state index in [2.05, 4.69) is 15.5 Å². The van der Waals surface area contributed by atoms with Crippen LogP contribution in [0.1, 0.15) is 24.1 Å². The number of benzene rings is 1. The number of methoxy groups -OCH3 is 1. The van der Waals surface area contributed by atoms with Gasteiger partial charge in [-0.15, -0.1) is 23.1 Å². The van der Waals surface area contributed by atoms with Crippen LogP contribution in [0.4, 0.5) is 5.13 Å². The van der Waals surface area contributed by atoms with Gasteiger partial charge in [-0.05, 0) is 36.1 Å². The van der Waals surface area contributed by atoms with Gasteiger partial charge >= 0.3 is 5.97 Å². The largest absolute Gasteiger partial charge is 0.497 e. The number of sulfone groups is 1. The van der Waals surface area contributed by atoms with Crippen molar-refractivity contribution >= 4 is 61.6 Å². The minimum atomic E-state index is -3.49. The highest BCUT2D eigenvalue weighted by molar-refractivity contribution is 8.00. The van der Waals surface area contributed by atoms with Crippen LogP contribution >= 0.6 is 23.1 Å². The molecule has 0 spiro atoms. The number of amides is 2. The van der Waals surface area contributed by atoms with E-state index in [0.717, 1.165) is 11.3 Å². The molecule has 13 nitrogen and oxygen atoms in total. The van der Waals surface area contributed by atoms with Crippen LogP contribution in [0.25, 0.3) is 0 Å². The number of nitrogens with zero attached hydrogens (tertiary/aromatic N) is 3. The van der Waals surface area contributed by atoms with Crippen molar-refractivity contribution in [3.8, 4) is 5.75 Å². The van der Waals surface area contributed by atoms with Gasteiger partial charge in [-0.2, -0.15) is 0 Å². The van der Waals surface area contributed by atoms with Gasteiger partial charge in [-0.25, -0.2) is 18.2 Å². The molecule has 2 saturated heterocycles. The number of ether oxygens (including phenoxy) is 2. The van der Waals surface area contributed by atoms with Crippen LogP contribution in [-0.2, 0) is 40.4 Å². The number of anilines is 1. The minimum Gasteiger partial charge on any atom is -0.497 e. The SMILES string of the molecule is CO/N=C(\C(=O)N[C@@H]1C(=O)N2C(C(=O)OCc3ccc(OC)cc3)=C(C3CCCS3(=O)=O)CS[C@H]12)c1csc(N)n1. The van der Waals surface area contributed by atoms with Crippen molar-refractivity contribution in [3.05, 3.63) is 52.2 Å². The first kappa shape index (κ1) is 28.9. The molecule has 2 aromatic rings. The molecule has 3 N–H and O–H groups in total. The number of hydrogen-bond donors (Lipinski definition) is 2. The van der Waals surface area contributed by atoms with Gasteiger partial charge in [0.2, 0.25) is 0 Å². The van der Waals surface area contributed by atoms with Crippen molar-refractivity contribution in [3.63, 3.8) is 0 Å². The molecule has 0 radical (unpaired) electrons. The van der Waals surface area contributed by atoms with E-state index in [0.29, 0.717) is 29.7 Å². The first-order valence-electron chi connectivity index (χ1n) is 12.5. The monoisotopic (exact) mass is 621 g/mol. The summed E-state index contributed by atoms with van der Waals surface area (Å²) >= 11 is 2.38. The number of nitrogen functional groups attached to an aromatic ring is 1. The first-order chi connectivity index (χ1) is 19.6. The van der Waals surface area contributed by atoms with E-state index in [4.69, 9.17) is 20.0 Å². The summed E-state index contributed by atoms with van der Waals surface area (Å²) in [6.07, 6.45) is 0.822. The van der Waals surface area contributed by atoms with Crippen LogP contribution in [0, 0.1) is 0 Å². The molecule has 16 heteroatoms. The molecular weight excluding hydrogens is 595 g/mol. The number of β-lactam (4-membered cyclic amide) rings is 1. The standard InChI is InChI=1S/C25H27N5O8S3/c1-36-14-7-5-13(6-8-14)10-38-24(33)20-15(17-4-3-9-41(17,34)35)11-39-23-19(22(32)30(20)23)28-21(31)18(29-37-2)16-12-40-25(26)27-16/h5-8,12,17,19,23H,3-4,9-11H2,1-2H3,(H2,26,27)(H,28,31)/b29-18-/t17?,19-,23-/m1/s1. The fraction of sp³-hybridized carbons (Fsp3) is 0.400. The molecule has 4 heterocycles. The van der Waals surface area contributed by atoms with Crippen molar-refractivity contribution in [1.29, 1.82) is 0 Å². The van der Waals surface area contributed by atoms with E-state index >= 15 is 0 Å². The minimum absolute atomic E-state index is 0.0127. The van der Waals surface area contributed by atoms with E-state index in [9.17, 15) is 22.8 Å². The van der Waals surface area contributed by atoms with Crippen molar-refractivity contribution in [1.82, 2.24) is 15.2 Å². The number of aromatic nitrogens is 1. The summed E-state index contributed by atoms with van der Waals surface area (Å²) in [5.41, 5.74) is 6.65. The van der Waals surface area contributed by atoms with Crippen LogP contribution in [0.3, 0.4) is 0 Å². The third kappa shape index (κ3) is 5.63. The second-order valence-electron chi connectivity index (χ2n) is 9.35. The molecular formula is C25H27N5O8S3. The molecule has 3 aliphatic rings. The predicted octanol–water partition coefficient (Wildman–Crippen LogP) is 1.06.